The second-order valence-electron chi connectivity index (χ2n) is 4.14. The first kappa shape index (κ1) is 13.4. The molecule has 1 atom stereocenters. The number of nitrogens with one attached hydrogen (secondary N) is 1. The number of nitrogens with zero attached hydrogens (tertiary/aromatic N) is 2. The fraction of sp³-hybridized carbons (Fsp3) is 0.286. The van der Waals surface area contributed by atoms with Gasteiger partial charge in [0.1, 0.15) is 6.07 Å². The molecule has 0 aliphatic rings. The molecule has 0 amide bonds. The third-order valence-corrected chi connectivity index (χ3v) is 3.51. The molecule has 5 heteroatoms. The lowest BCUT2D eigenvalue weighted by molar-refractivity contribution is 0.548. The van der Waals surface area contributed by atoms with Gasteiger partial charge in [0.05, 0.1) is 0 Å². The van der Waals surface area contributed by atoms with Crippen LogP contribution < -0.4 is 5.32 Å². The summed E-state index contributed by atoms with van der Waals surface area (Å²) in [6, 6.07) is 6.27. The lowest BCUT2D eigenvalue weighted by Crippen LogP contribution is -2.13. The van der Waals surface area contributed by atoms with E-state index < -0.39 is 0 Å². The molecule has 1 N–H and O–H groups in total. The SMILES string of the molecule is CCC(C)Nc1oc(C=Cc2cccs2)nc1C#N. The summed E-state index contributed by atoms with van der Waals surface area (Å²) in [5.41, 5.74) is 0.297. The summed E-state index contributed by atoms with van der Waals surface area (Å²) in [6.45, 7) is 4.10. The van der Waals surface area contributed by atoms with Crippen LogP contribution in [-0.4, -0.2) is 11.0 Å². The van der Waals surface area contributed by atoms with Crippen LogP contribution in [0.15, 0.2) is 21.9 Å². The Morgan fingerprint density at radius 3 is 3.05 bits per heavy atom. The second kappa shape index (κ2) is 6.21. The molecule has 2 heterocycles. The van der Waals surface area contributed by atoms with Gasteiger partial charge in [0.25, 0.3) is 0 Å². The topological polar surface area (TPSA) is 61.9 Å². The molecule has 0 spiro atoms. The van der Waals surface area contributed by atoms with Crippen molar-refractivity contribution in [3.8, 4) is 6.07 Å². The van der Waals surface area contributed by atoms with Crippen LogP contribution in [-0.2, 0) is 0 Å². The highest BCUT2D eigenvalue weighted by Gasteiger charge is 2.12. The van der Waals surface area contributed by atoms with Crippen molar-refractivity contribution >= 4 is 29.4 Å². The predicted octanol–water partition coefficient (Wildman–Crippen LogP) is 3.99. The van der Waals surface area contributed by atoms with Gasteiger partial charge in [-0.15, -0.1) is 11.3 Å². The van der Waals surface area contributed by atoms with E-state index in [4.69, 9.17) is 9.68 Å². The van der Waals surface area contributed by atoms with Gasteiger partial charge < -0.3 is 9.73 Å². The van der Waals surface area contributed by atoms with Crippen molar-refractivity contribution in [3.05, 3.63) is 34.0 Å². The van der Waals surface area contributed by atoms with E-state index in [0.29, 0.717) is 17.5 Å². The van der Waals surface area contributed by atoms with Crippen LogP contribution in [0.2, 0.25) is 0 Å². The minimum atomic E-state index is 0.245. The van der Waals surface area contributed by atoms with Gasteiger partial charge in [0.2, 0.25) is 17.5 Å². The molecule has 0 fully saturated rings. The molecule has 0 aliphatic heterocycles. The Bertz CT molecular complexity index is 593. The third-order valence-electron chi connectivity index (χ3n) is 2.67. The molecule has 0 aromatic carbocycles. The average Bonchev–Trinajstić information content (AvgIpc) is 3.05. The standard InChI is InChI=1S/C14H15N3OS/c1-3-10(2)16-14-12(9-15)17-13(18-14)7-6-11-5-4-8-19-11/h4-8,10,16H,3H2,1-2H3. The Morgan fingerprint density at radius 1 is 1.58 bits per heavy atom. The summed E-state index contributed by atoms with van der Waals surface area (Å²) in [5, 5.41) is 14.2. The fourth-order valence-corrected chi connectivity index (χ4v) is 2.06. The van der Waals surface area contributed by atoms with Crippen LogP contribution in [0, 0.1) is 11.3 Å². The molecule has 0 aliphatic carbocycles. The highest BCUT2D eigenvalue weighted by Crippen LogP contribution is 2.20. The van der Waals surface area contributed by atoms with E-state index in [9.17, 15) is 0 Å². The zero-order chi connectivity index (χ0) is 13.7. The van der Waals surface area contributed by atoms with Gasteiger partial charge in [-0.1, -0.05) is 13.0 Å². The lowest BCUT2D eigenvalue weighted by atomic mass is 10.2. The van der Waals surface area contributed by atoms with Gasteiger partial charge in [0.15, 0.2) is 0 Å². The number of hydrogen-bond donors (Lipinski definition) is 1. The predicted molar refractivity (Wildman–Crippen MR) is 77.8 cm³/mol. The number of nitriles is 1. The maximum Gasteiger partial charge on any atom is 0.232 e. The molecule has 4 nitrogen and oxygen atoms in total. The zero-order valence-electron chi connectivity index (χ0n) is 10.9. The molecule has 0 saturated heterocycles. The van der Waals surface area contributed by atoms with E-state index in [1.54, 1.807) is 17.4 Å². The smallest absolute Gasteiger partial charge is 0.232 e. The molecule has 2 aromatic heterocycles. The van der Waals surface area contributed by atoms with Gasteiger partial charge >= 0.3 is 0 Å². The van der Waals surface area contributed by atoms with Crippen molar-refractivity contribution in [1.29, 1.82) is 5.26 Å². The first-order valence-electron chi connectivity index (χ1n) is 6.12. The second-order valence-corrected chi connectivity index (χ2v) is 5.12. The zero-order valence-corrected chi connectivity index (χ0v) is 11.7. The summed E-state index contributed by atoms with van der Waals surface area (Å²) in [6.07, 6.45) is 4.64. The van der Waals surface area contributed by atoms with E-state index in [1.807, 2.05) is 36.6 Å². The minimum absolute atomic E-state index is 0.245. The van der Waals surface area contributed by atoms with Crippen molar-refractivity contribution in [1.82, 2.24) is 4.98 Å². The van der Waals surface area contributed by atoms with E-state index >= 15 is 0 Å². The van der Waals surface area contributed by atoms with Crippen LogP contribution in [0.25, 0.3) is 12.2 Å². The molecule has 2 rings (SSSR count). The molecule has 0 radical (unpaired) electrons. The van der Waals surface area contributed by atoms with Crippen molar-refractivity contribution in [2.75, 3.05) is 5.32 Å². The maximum absolute atomic E-state index is 9.04. The Morgan fingerprint density at radius 2 is 2.42 bits per heavy atom. The highest BCUT2D eigenvalue weighted by molar-refractivity contribution is 7.10. The largest absolute Gasteiger partial charge is 0.420 e. The van der Waals surface area contributed by atoms with Gasteiger partial charge in [-0.05, 0) is 30.9 Å². The van der Waals surface area contributed by atoms with Crippen LogP contribution in [0.5, 0.6) is 0 Å². The number of hydrogen-bond acceptors (Lipinski definition) is 5. The normalized spacial score (nSPS) is 12.5. The summed E-state index contributed by atoms with van der Waals surface area (Å²) < 4.78 is 5.55. The van der Waals surface area contributed by atoms with Crippen molar-refractivity contribution < 1.29 is 4.42 Å². The fourth-order valence-electron chi connectivity index (χ4n) is 1.45. The molecular formula is C14H15N3OS. The van der Waals surface area contributed by atoms with Gasteiger partial charge in [-0.2, -0.15) is 10.2 Å². The first-order chi connectivity index (χ1) is 9.22. The Labute approximate surface area is 116 Å². The number of oxazole rings is 1. The van der Waals surface area contributed by atoms with Gasteiger partial charge in [0, 0.05) is 17.0 Å². The number of aromatic nitrogens is 1. The molecule has 19 heavy (non-hydrogen) atoms. The molecule has 98 valence electrons. The van der Waals surface area contributed by atoms with Gasteiger partial charge in [-0.3, -0.25) is 0 Å². The number of anilines is 1. The summed E-state index contributed by atoms with van der Waals surface area (Å²) in [4.78, 5) is 5.26. The Hall–Kier alpha value is -2.06. The molecule has 0 saturated carbocycles. The highest BCUT2D eigenvalue weighted by atomic mass is 32.1. The van der Waals surface area contributed by atoms with Crippen LogP contribution in [0.4, 0.5) is 5.88 Å². The first-order valence-corrected chi connectivity index (χ1v) is 7.00. The maximum atomic E-state index is 9.04. The van der Waals surface area contributed by atoms with E-state index in [0.717, 1.165) is 11.3 Å². The average molecular weight is 273 g/mol. The van der Waals surface area contributed by atoms with Crippen molar-refractivity contribution in [2.45, 2.75) is 26.3 Å². The van der Waals surface area contributed by atoms with E-state index in [-0.39, 0.29) is 6.04 Å². The number of thiophene rings is 1. The van der Waals surface area contributed by atoms with Crippen molar-refractivity contribution in [2.24, 2.45) is 0 Å². The summed E-state index contributed by atoms with van der Waals surface area (Å²) in [7, 11) is 0. The quantitative estimate of drug-likeness (QED) is 0.894. The molecule has 1 unspecified atom stereocenters. The molecular weight excluding hydrogens is 258 g/mol. The summed E-state index contributed by atoms with van der Waals surface area (Å²) >= 11 is 1.64. The van der Waals surface area contributed by atoms with E-state index in [1.165, 1.54) is 0 Å². The minimum Gasteiger partial charge on any atom is -0.420 e. The molecule has 2 aromatic rings. The van der Waals surface area contributed by atoms with Crippen LogP contribution in [0.1, 0.15) is 36.7 Å². The van der Waals surface area contributed by atoms with Crippen molar-refractivity contribution in [3.63, 3.8) is 0 Å². The Kier molecular flexibility index (Phi) is 4.37. The molecule has 0 bridgehead atoms. The van der Waals surface area contributed by atoms with E-state index in [2.05, 4.69) is 17.2 Å². The lowest BCUT2D eigenvalue weighted by Gasteiger charge is -2.08. The van der Waals surface area contributed by atoms with Crippen LogP contribution >= 0.6 is 11.3 Å². The third kappa shape index (κ3) is 3.46. The van der Waals surface area contributed by atoms with Gasteiger partial charge in [-0.25, -0.2) is 0 Å². The summed E-state index contributed by atoms with van der Waals surface area (Å²) in [5.74, 6) is 0.887. The Balaban J connectivity index is 2.17. The monoisotopic (exact) mass is 273 g/mol. The number of rotatable bonds is 5. The van der Waals surface area contributed by atoms with Crippen LogP contribution in [0.3, 0.4) is 0 Å².